The minimum absolute atomic E-state index is 0.0543. The summed E-state index contributed by atoms with van der Waals surface area (Å²) in [6.45, 7) is 6.07. The number of methoxy groups -OCH3 is 1. The maximum Gasteiger partial charge on any atom is 0.245 e. The fourth-order valence-electron chi connectivity index (χ4n) is 2.68. The first kappa shape index (κ1) is 14.7. The molecule has 1 unspecified atom stereocenters. The monoisotopic (exact) mass is 271 g/mol. The molecule has 0 bridgehead atoms. The van der Waals surface area contributed by atoms with Crippen LogP contribution in [0.1, 0.15) is 12.8 Å². The zero-order chi connectivity index (χ0) is 13.7. The molecule has 0 radical (unpaired) electrons. The predicted molar refractivity (Wildman–Crippen MR) is 71.9 cm³/mol. The Kier molecular flexibility index (Phi) is 5.15. The van der Waals surface area contributed by atoms with Crippen LogP contribution in [-0.2, 0) is 14.3 Å². The van der Waals surface area contributed by atoms with E-state index in [1.54, 1.807) is 7.11 Å². The molecule has 1 amide bonds. The van der Waals surface area contributed by atoms with Crippen molar-refractivity contribution in [2.24, 2.45) is 5.73 Å². The van der Waals surface area contributed by atoms with E-state index >= 15 is 0 Å². The van der Waals surface area contributed by atoms with Gasteiger partial charge in [-0.1, -0.05) is 0 Å². The predicted octanol–water partition coefficient (Wildman–Crippen LogP) is -0.715. The lowest BCUT2D eigenvalue weighted by atomic mass is 9.98. The molecule has 19 heavy (non-hydrogen) atoms. The molecule has 0 aliphatic carbocycles. The average Bonchev–Trinajstić information content (AvgIpc) is 2.73. The van der Waals surface area contributed by atoms with Gasteiger partial charge in [-0.3, -0.25) is 9.69 Å². The van der Waals surface area contributed by atoms with Gasteiger partial charge in [0.15, 0.2) is 0 Å². The molecule has 2 aliphatic rings. The highest BCUT2D eigenvalue weighted by molar-refractivity contribution is 5.86. The van der Waals surface area contributed by atoms with E-state index in [0.717, 1.165) is 45.8 Å². The van der Waals surface area contributed by atoms with Crippen molar-refractivity contribution in [1.29, 1.82) is 0 Å². The molecule has 0 aromatic heterocycles. The minimum Gasteiger partial charge on any atom is -0.383 e. The highest BCUT2D eigenvalue weighted by Gasteiger charge is 2.41. The normalized spacial score (nSPS) is 29.5. The third-order valence-corrected chi connectivity index (χ3v) is 3.97. The number of carbonyl (C=O) groups excluding carboxylic acids is 1. The van der Waals surface area contributed by atoms with Gasteiger partial charge in [0.25, 0.3) is 0 Å². The van der Waals surface area contributed by atoms with Crippen LogP contribution in [0.5, 0.6) is 0 Å². The zero-order valence-electron chi connectivity index (χ0n) is 11.8. The van der Waals surface area contributed by atoms with Crippen LogP contribution in [0.15, 0.2) is 0 Å². The van der Waals surface area contributed by atoms with Crippen LogP contribution >= 0.6 is 0 Å². The van der Waals surface area contributed by atoms with E-state index in [-0.39, 0.29) is 5.91 Å². The van der Waals surface area contributed by atoms with E-state index in [1.807, 2.05) is 4.90 Å². The van der Waals surface area contributed by atoms with Crippen molar-refractivity contribution in [3.63, 3.8) is 0 Å². The van der Waals surface area contributed by atoms with Crippen LogP contribution in [0.2, 0.25) is 0 Å². The zero-order valence-corrected chi connectivity index (χ0v) is 11.8. The summed E-state index contributed by atoms with van der Waals surface area (Å²) < 4.78 is 10.4. The third-order valence-electron chi connectivity index (χ3n) is 3.97. The Hall–Kier alpha value is -0.690. The number of hydrogen-bond donors (Lipinski definition) is 1. The molecule has 0 spiro atoms. The second-order valence-electron chi connectivity index (χ2n) is 5.44. The summed E-state index contributed by atoms with van der Waals surface area (Å²) in [6, 6.07) is 0. The summed E-state index contributed by atoms with van der Waals surface area (Å²) in [5.41, 5.74) is 5.36. The van der Waals surface area contributed by atoms with Gasteiger partial charge in [-0.15, -0.1) is 0 Å². The first-order chi connectivity index (χ1) is 9.15. The lowest BCUT2D eigenvalue weighted by Crippen LogP contribution is -2.56. The van der Waals surface area contributed by atoms with Gasteiger partial charge in [-0.25, -0.2) is 0 Å². The number of nitrogens with two attached hydrogens (primary N) is 1. The molecule has 2 rings (SSSR count). The van der Waals surface area contributed by atoms with E-state index < -0.39 is 5.54 Å². The number of rotatable bonds is 4. The molecule has 2 aliphatic heterocycles. The molecular weight excluding hydrogens is 246 g/mol. The highest BCUT2D eigenvalue weighted by Crippen LogP contribution is 2.19. The topological polar surface area (TPSA) is 68.0 Å². The standard InChI is InChI=1S/C13H25N3O3/c1-18-10-8-15-4-2-5-16(7-6-15)12(17)13(14)3-9-19-11-13/h2-11,14H2,1H3. The van der Waals surface area contributed by atoms with Crippen LogP contribution in [-0.4, -0.2) is 80.9 Å². The van der Waals surface area contributed by atoms with Crippen molar-refractivity contribution < 1.29 is 14.3 Å². The van der Waals surface area contributed by atoms with Gasteiger partial charge in [0.05, 0.1) is 13.2 Å². The largest absolute Gasteiger partial charge is 0.383 e. The van der Waals surface area contributed by atoms with Crippen molar-refractivity contribution in [3.05, 3.63) is 0 Å². The lowest BCUT2D eigenvalue weighted by molar-refractivity contribution is -0.136. The molecule has 1 atom stereocenters. The summed E-state index contributed by atoms with van der Waals surface area (Å²) in [6.07, 6.45) is 1.63. The fourth-order valence-corrected chi connectivity index (χ4v) is 2.68. The third kappa shape index (κ3) is 3.66. The van der Waals surface area contributed by atoms with Gasteiger partial charge in [0.2, 0.25) is 5.91 Å². The average molecular weight is 271 g/mol. The molecule has 2 saturated heterocycles. The smallest absolute Gasteiger partial charge is 0.245 e. The Morgan fingerprint density at radius 3 is 2.89 bits per heavy atom. The molecule has 6 heteroatoms. The van der Waals surface area contributed by atoms with Crippen LogP contribution < -0.4 is 5.73 Å². The van der Waals surface area contributed by atoms with Crippen LogP contribution in [0.4, 0.5) is 0 Å². The van der Waals surface area contributed by atoms with Gasteiger partial charge in [0, 0.05) is 39.9 Å². The van der Waals surface area contributed by atoms with Crippen molar-refractivity contribution in [3.8, 4) is 0 Å². The van der Waals surface area contributed by atoms with Crippen LogP contribution in [0.25, 0.3) is 0 Å². The van der Waals surface area contributed by atoms with E-state index in [1.165, 1.54) is 0 Å². The Labute approximate surface area is 114 Å². The van der Waals surface area contributed by atoms with Gasteiger partial charge >= 0.3 is 0 Å². The lowest BCUT2D eigenvalue weighted by Gasteiger charge is -2.29. The van der Waals surface area contributed by atoms with Gasteiger partial charge in [-0.2, -0.15) is 0 Å². The molecule has 0 aromatic carbocycles. The van der Waals surface area contributed by atoms with Crippen molar-refractivity contribution in [2.45, 2.75) is 18.4 Å². The van der Waals surface area contributed by atoms with Gasteiger partial charge < -0.3 is 20.1 Å². The van der Waals surface area contributed by atoms with Gasteiger partial charge in [-0.05, 0) is 19.4 Å². The molecule has 2 N–H and O–H groups in total. The summed E-state index contributed by atoms with van der Waals surface area (Å²) >= 11 is 0. The van der Waals surface area contributed by atoms with E-state index in [9.17, 15) is 4.79 Å². The Bertz CT molecular complexity index is 306. The summed E-state index contributed by atoms with van der Waals surface area (Å²) in [7, 11) is 1.71. The van der Waals surface area contributed by atoms with Gasteiger partial charge in [0.1, 0.15) is 5.54 Å². The van der Waals surface area contributed by atoms with E-state index in [4.69, 9.17) is 15.2 Å². The molecular formula is C13H25N3O3. The SMILES string of the molecule is COCCN1CCCN(C(=O)C2(N)CCOC2)CC1. The Balaban J connectivity index is 1.86. The molecule has 2 fully saturated rings. The van der Waals surface area contributed by atoms with E-state index in [0.29, 0.717) is 19.6 Å². The summed E-state index contributed by atoms with van der Waals surface area (Å²) in [5, 5.41) is 0. The highest BCUT2D eigenvalue weighted by atomic mass is 16.5. The first-order valence-electron chi connectivity index (χ1n) is 7.03. The number of hydrogen-bond acceptors (Lipinski definition) is 5. The van der Waals surface area contributed by atoms with Crippen LogP contribution in [0.3, 0.4) is 0 Å². The number of amides is 1. The Morgan fingerprint density at radius 1 is 1.37 bits per heavy atom. The quantitative estimate of drug-likeness (QED) is 0.731. The summed E-state index contributed by atoms with van der Waals surface area (Å²) in [5.74, 6) is 0.0543. The summed E-state index contributed by atoms with van der Waals surface area (Å²) in [4.78, 5) is 16.7. The minimum atomic E-state index is -0.790. The molecule has 110 valence electrons. The Morgan fingerprint density at radius 2 is 2.21 bits per heavy atom. The number of carbonyl (C=O) groups is 1. The van der Waals surface area contributed by atoms with Crippen molar-refractivity contribution >= 4 is 5.91 Å². The molecule has 0 aromatic rings. The maximum atomic E-state index is 12.5. The van der Waals surface area contributed by atoms with E-state index in [2.05, 4.69) is 4.90 Å². The van der Waals surface area contributed by atoms with Crippen LogP contribution in [0, 0.1) is 0 Å². The second kappa shape index (κ2) is 6.65. The number of nitrogens with zero attached hydrogens (tertiary/aromatic N) is 2. The van der Waals surface area contributed by atoms with Crippen molar-refractivity contribution in [2.75, 3.05) is 59.7 Å². The number of ether oxygens (including phenoxy) is 2. The van der Waals surface area contributed by atoms with Crippen molar-refractivity contribution in [1.82, 2.24) is 9.80 Å². The molecule has 6 nitrogen and oxygen atoms in total. The molecule has 0 saturated carbocycles. The second-order valence-corrected chi connectivity index (χ2v) is 5.44. The first-order valence-corrected chi connectivity index (χ1v) is 7.03. The molecule has 2 heterocycles. The fraction of sp³-hybridized carbons (Fsp3) is 0.923. The maximum absolute atomic E-state index is 12.5.